The number of hydrogen-bond donors (Lipinski definition) is 8. The minimum atomic E-state index is -4.92. The SMILES string of the molecule is CCCCNc1ccc(C(=O)NCCCC[C@H](NC(=O)[C@@H](CC(=O)[C@H](CS(=O)(=O)O)NC(=O)CCCC(=O)O)CS(=O)(=O)O)C(N)=O)cc1. The van der Waals surface area contributed by atoms with E-state index in [0.717, 1.165) is 25.1 Å². The summed E-state index contributed by atoms with van der Waals surface area (Å²) in [4.78, 5) is 73.3. The van der Waals surface area contributed by atoms with Crippen LogP contribution in [0.15, 0.2) is 24.3 Å². The maximum atomic E-state index is 13.0. The standard InChI is InChI=1S/C29H45N5O13S2/c1-2-3-14-31-21-12-10-19(11-13-21)28(40)32-15-5-4-7-22(27(30)39)34-29(41)20(17-48(42,43)44)16-24(35)23(18-49(45,46)47)33-25(36)8-6-9-26(37)38/h10-13,20,22-23,31H,2-9,14-18H2,1H3,(H2,30,39)(H,32,40)(H,33,36)(H,34,41)(H,37,38)(H,42,43,44)(H,45,46,47)/t20-,22-,23-/m0/s1. The van der Waals surface area contributed by atoms with E-state index >= 15 is 0 Å². The molecular formula is C29H45N5O13S2. The van der Waals surface area contributed by atoms with Crippen molar-refractivity contribution in [1.82, 2.24) is 16.0 Å². The number of unbranched alkanes of at least 4 members (excludes halogenated alkanes) is 2. The lowest BCUT2D eigenvalue weighted by Crippen LogP contribution is -2.50. The summed E-state index contributed by atoms with van der Waals surface area (Å²) in [5.41, 5.74) is 6.70. The number of amides is 4. The number of rotatable bonds is 25. The summed E-state index contributed by atoms with van der Waals surface area (Å²) in [6.45, 7) is 3.09. The third-order valence-corrected chi connectivity index (χ3v) is 8.58. The molecule has 0 aliphatic heterocycles. The van der Waals surface area contributed by atoms with Gasteiger partial charge in [0.25, 0.3) is 26.1 Å². The summed E-state index contributed by atoms with van der Waals surface area (Å²) < 4.78 is 64.9. The lowest BCUT2D eigenvalue weighted by atomic mass is 9.98. The summed E-state index contributed by atoms with van der Waals surface area (Å²) in [5.74, 6) is -10.5. The number of nitrogens with one attached hydrogen (secondary N) is 4. The second kappa shape index (κ2) is 21.1. The van der Waals surface area contributed by atoms with Crippen LogP contribution < -0.4 is 27.0 Å². The smallest absolute Gasteiger partial charge is 0.303 e. The van der Waals surface area contributed by atoms with Crippen molar-refractivity contribution >= 4 is 61.3 Å². The fourth-order valence-electron chi connectivity index (χ4n) is 4.46. The van der Waals surface area contributed by atoms with Gasteiger partial charge < -0.3 is 32.1 Å². The predicted molar refractivity (Wildman–Crippen MR) is 177 cm³/mol. The molecule has 3 atom stereocenters. The van der Waals surface area contributed by atoms with Gasteiger partial charge in [-0.25, -0.2) is 0 Å². The molecule has 0 fully saturated rings. The van der Waals surface area contributed by atoms with E-state index < -0.39 is 98.5 Å². The van der Waals surface area contributed by atoms with Gasteiger partial charge in [0.2, 0.25) is 17.7 Å². The first-order valence-electron chi connectivity index (χ1n) is 15.5. The molecule has 0 saturated carbocycles. The van der Waals surface area contributed by atoms with Crippen molar-refractivity contribution in [3.05, 3.63) is 29.8 Å². The highest BCUT2D eigenvalue weighted by atomic mass is 32.2. The van der Waals surface area contributed by atoms with Gasteiger partial charge in [0, 0.05) is 43.6 Å². The van der Waals surface area contributed by atoms with Crippen LogP contribution in [0.4, 0.5) is 5.69 Å². The van der Waals surface area contributed by atoms with Gasteiger partial charge in [0.1, 0.15) is 17.8 Å². The number of primary amides is 1. The van der Waals surface area contributed by atoms with E-state index in [1.807, 2.05) is 5.32 Å². The van der Waals surface area contributed by atoms with E-state index in [1.54, 1.807) is 24.3 Å². The number of carbonyl (C=O) groups is 6. The van der Waals surface area contributed by atoms with Crippen molar-refractivity contribution in [1.29, 1.82) is 0 Å². The number of Topliss-reactive ketones (excluding diaryl/α,β-unsaturated/α-hetero) is 1. The average Bonchev–Trinajstić information content (AvgIpc) is 2.98. The van der Waals surface area contributed by atoms with Crippen LogP contribution in [0.3, 0.4) is 0 Å². The van der Waals surface area contributed by atoms with Crippen molar-refractivity contribution < 1.29 is 59.8 Å². The Labute approximate surface area is 284 Å². The van der Waals surface area contributed by atoms with E-state index in [4.69, 9.17) is 10.8 Å². The number of anilines is 1. The van der Waals surface area contributed by atoms with E-state index in [0.29, 0.717) is 12.0 Å². The molecule has 0 radical (unpaired) electrons. The number of nitrogens with two attached hydrogens (primary N) is 1. The zero-order valence-corrected chi connectivity index (χ0v) is 28.7. The molecule has 1 aromatic carbocycles. The largest absolute Gasteiger partial charge is 0.481 e. The molecular weight excluding hydrogens is 690 g/mol. The van der Waals surface area contributed by atoms with E-state index in [9.17, 15) is 54.7 Å². The molecule has 0 unspecified atom stereocenters. The Bertz CT molecular complexity index is 1520. The van der Waals surface area contributed by atoms with Crippen LogP contribution in [-0.2, 0) is 44.2 Å². The van der Waals surface area contributed by atoms with E-state index in [2.05, 4.69) is 22.9 Å². The van der Waals surface area contributed by atoms with Crippen LogP contribution in [0.2, 0.25) is 0 Å². The molecule has 9 N–H and O–H groups in total. The van der Waals surface area contributed by atoms with Crippen molar-refractivity contribution in [3.63, 3.8) is 0 Å². The second-order valence-electron chi connectivity index (χ2n) is 11.3. The molecule has 0 bridgehead atoms. The molecule has 49 heavy (non-hydrogen) atoms. The third kappa shape index (κ3) is 19.4. The Morgan fingerprint density at radius 2 is 1.43 bits per heavy atom. The highest BCUT2D eigenvalue weighted by Crippen LogP contribution is 2.14. The molecule has 4 amide bonds. The molecule has 0 aromatic heterocycles. The topological polar surface area (TPSA) is 306 Å². The first-order valence-corrected chi connectivity index (χ1v) is 18.7. The number of aliphatic carboxylic acids is 1. The number of benzene rings is 1. The first-order chi connectivity index (χ1) is 22.8. The van der Waals surface area contributed by atoms with Crippen LogP contribution >= 0.6 is 0 Å². The highest BCUT2D eigenvalue weighted by Gasteiger charge is 2.34. The number of carboxylic acid groups (broad SMARTS) is 1. The normalized spacial score (nSPS) is 13.4. The lowest BCUT2D eigenvalue weighted by Gasteiger charge is -2.22. The minimum Gasteiger partial charge on any atom is -0.481 e. The van der Waals surface area contributed by atoms with Gasteiger partial charge in [0.15, 0.2) is 5.78 Å². The number of ketones is 1. The maximum absolute atomic E-state index is 13.0. The fourth-order valence-corrected chi connectivity index (χ4v) is 5.93. The molecule has 1 aromatic rings. The van der Waals surface area contributed by atoms with Gasteiger partial charge in [-0.15, -0.1) is 0 Å². The quantitative estimate of drug-likeness (QED) is 0.0479. The molecule has 0 spiro atoms. The van der Waals surface area contributed by atoms with Crippen LogP contribution in [-0.4, -0.2) is 103 Å². The monoisotopic (exact) mass is 735 g/mol. The van der Waals surface area contributed by atoms with Crippen molar-refractivity contribution in [2.75, 3.05) is 29.9 Å². The Morgan fingerprint density at radius 1 is 0.796 bits per heavy atom. The predicted octanol–water partition coefficient (Wildman–Crippen LogP) is -0.140. The third-order valence-electron chi connectivity index (χ3n) is 7.00. The van der Waals surface area contributed by atoms with Gasteiger partial charge in [-0.3, -0.25) is 37.9 Å². The Kier molecular flexibility index (Phi) is 18.4. The summed E-state index contributed by atoms with van der Waals surface area (Å²) in [6, 6.07) is 3.56. The molecule has 1 rings (SSSR count). The van der Waals surface area contributed by atoms with Crippen molar-refractivity contribution in [2.24, 2.45) is 11.7 Å². The second-order valence-corrected chi connectivity index (χ2v) is 14.3. The van der Waals surface area contributed by atoms with E-state index in [-0.39, 0.29) is 31.7 Å². The molecule has 0 heterocycles. The van der Waals surface area contributed by atoms with Gasteiger partial charge in [-0.1, -0.05) is 13.3 Å². The van der Waals surface area contributed by atoms with E-state index in [1.165, 1.54) is 0 Å². The van der Waals surface area contributed by atoms with Gasteiger partial charge in [-0.2, -0.15) is 16.8 Å². The number of hydrogen-bond acceptors (Lipinski definition) is 11. The van der Waals surface area contributed by atoms with Gasteiger partial charge in [0.05, 0.1) is 11.7 Å². The van der Waals surface area contributed by atoms with Gasteiger partial charge >= 0.3 is 5.97 Å². The van der Waals surface area contributed by atoms with Crippen LogP contribution in [0.1, 0.15) is 75.1 Å². The number of carboxylic acids is 1. The molecule has 0 saturated heterocycles. The van der Waals surface area contributed by atoms with Gasteiger partial charge in [-0.05, 0) is 56.4 Å². The van der Waals surface area contributed by atoms with Crippen LogP contribution in [0.5, 0.6) is 0 Å². The summed E-state index contributed by atoms with van der Waals surface area (Å²) in [6.07, 6.45) is 0.503. The van der Waals surface area contributed by atoms with Crippen LogP contribution in [0.25, 0.3) is 0 Å². The molecule has 18 nitrogen and oxygen atoms in total. The highest BCUT2D eigenvalue weighted by molar-refractivity contribution is 7.86. The van der Waals surface area contributed by atoms with Crippen molar-refractivity contribution in [2.45, 2.75) is 76.8 Å². The minimum absolute atomic E-state index is 0.0562. The van der Waals surface area contributed by atoms with Crippen molar-refractivity contribution in [3.8, 4) is 0 Å². The molecule has 0 aliphatic carbocycles. The lowest BCUT2D eigenvalue weighted by molar-refractivity contribution is -0.137. The molecule has 0 aliphatic rings. The fraction of sp³-hybridized carbons (Fsp3) is 0.586. The summed E-state index contributed by atoms with van der Waals surface area (Å²) >= 11 is 0. The average molecular weight is 736 g/mol. The first kappa shape index (κ1) is 42.9. The molecule has 276 valence electrons. The zero-order valence-electron chi connectivity index (χ0n) is 27.1. The number of carbonyl (C=O) groups excluding carboxylic acids is 5. The Hall–Kier alpha value is -4.14. The zero-order chi connectivity index (χ0) is 37.2. The Morgan fingerprint density at radius 3 is 1.98 bits per heavy atom. The maximum Gasteiger partial charge on any atom is 0.303 e. The summed E-state index contributed by atoms with van der Waals surface area (Å²) in [5, 5.41) is 18.9. The molecule has 20 heteroatoms. The summed E-state index contributed by atoms with van der Waals surface area (Å²) in [7, 11) is -9.82. The van der Waals surface area contributed by atoms with Crippen LogP contribution in [0, 0.1) is 5.92 Å². The Balaban J connectivity index is 2.83.